The highest BCUT2D eigenvalue weighted by Gasteiger charge is 2.74. The molecular formula is C49H92. The van der Waals surface area contributed by atoms with Crippen LogP contribution in [0.3, 0.4) is 0 Å². The van der Waals surface area contributed by atoms with Gasteiger partial charge in [-0.25, -0.2) is 0 Å². The van der Waals surface area contributed by atoms with Crippen LogP contribution in [-0.2, 0) is 0 Å². The van der Waals surface area contributed by atoms with Crippen LogP contribution in [0.4, 0.5) is 0 Å². The van der Waals surface area contributed by atoms with Gasteiger partial charge in [0.2, 0.25) is 0 Å². The fraction of sp³-hybridized carbons (Fsp3) is 1.00. The molecule has 0 heterocycles. The van der Waals surface area contributed by atoms with Crippen LogP contribution in [0.2, 0.25) is 0 Å². The molecule has 4 saturated carbocycles. The molecule has 4 rings (SSSR count). The molecule has 0 nitrogen and oxygen atoms in total. The molecule has 21 atom stereocenters. The Morgan fingerprint density at radius 3 is 1.53 bits per heavy atom. The summed E-state index contributed by atoms with van der Waals surface area (Å²) in [7, 11) is 0. The van der Waals surface area contributed by atoms with Gasteiger partial charge in [-0.3, -0.25) is 0 Å². The summed E-state index contributed by atoms with van der Waals surface area (Å²) in [5.41, 5.74) is 1.72. The lowest BCUT2D eigenvalue weighted by atomic mass is 9.26. The van der Waals surface area contributed by atoms with Gasteiger partial charge >= 0.3 is 0 Å². The maximum absolute atomic E-state index is 2.86. The van der Waals surface area contributed by atoms with Crippen molar-refractivity contribution in [3.63, 3.8) is 0 Å². The maximum atomic E-state index is 2.86. The van der Waals surface area contributed by atoms with E-state index in [1.54, 1.807) is 0 Å². The zero-order valence-corrected chi connectivity index (χ0v) is 37.9. The molecule has 0 saturated heterocycles. The Hall–Kier alpha value is 0. The van der Waals surface area contributed by atoms with Gasteiger partial charge in [0, 0.05) is 0 Å². The summed E-state index contributed by atoms with van der Waals surface area (Å²) < 4.78 is 0. The van der Waals surface area contributed by atoms with Gasteiger partial charge in [-0.2, -0.15) is 0 Å². The molecule has 0 heteroatoms. The predicted molar refractivity (Wildman–Crippen MR) is 218 cm³/mol. The summed E-state index contributed by atoms with van der Waals surface area (Å²) in [6, 6.07) is 0. The van der Waals surface area contributed by atoms with Crippen LogP contribution in [0, 0.1) is 140 Å². The van der Waals surface area contributed by atoms with Crippen molar-refractivity contribution in [1.82, 2.24) is 0 Å². The Labute approximate surface area is 310 Å². The Kier molecular flexibility index (Phi) is 11.4. The third-order valence-corrected chi connectivity index (χ3v) is 22.6. The van der Waals surface area contributed by atoms with Crippen LogP contribution in [0.5, 0.6) is 0 Å². The molecule has 4 aliphatic rings. The topological polar surface area (TPSA) is 0 Å². The van der Waals surface area contributed by atoms with Crippen LogP contribution in [0.1, 0.15) is 172 Å². The number of hydrogen-bond donors (Lipinski definition) is 0. The minimum Gasteiger partial charge on any atom is -0.0623 e. The van der Waals surface area contributed by atoms with Crippen molar-refractivity contribution in [1.29, 1.82) is 0 Å². The molecular weight excluding hydrogens is 589 g/mol. The number of rotatable bonds is 11. The average Bonchev–Trinajstić information content (AvgIpc) is 3.31. The summed E-state index contributed by atoms with van der Waals surface area (Å²) in [6.07, 6.45) is 2.88. The lowest BCUT2D eigenvalue weighted by Gasteiger charge is -2.78. The maximum Gasteiger partial charge on any atom is -0.0204 e. The van der Waals surface area contributed by atoms with Gasteiger partial charge in [-0.05, 0) is 152 Å². The molecule has 4 fully saturated rings. The van der Waals surface area contributed by atoms with Gasteiger partial charge in [0.1, 0.15) is 0 Å². The number of fused-ring (bicyclic) bond motifs is 1. The molecule has 0 spiro atoms. The van der Waals surface area contributed by atoms with E-state index in [1.807, 2.05) is 0 Å². The molecule has 0 radical (unpaired) electrons. The fourth-order valence-corrected chi connectivity index (χ4v) is 15.9. The van der Waals surface area contributed by atoms with E-state index >= 15 is 0 Å². The van der Waals surface area contributed by atoms with Gasteiger partial charge in [-0.1, -0.05) is 159 Å². The minimum absolute atomic E-state index is 0.283. The second-order valence-corrected chi connectivity index (χ2v) is 23.4. The van der Waals surface area contributed by atoms with Crippen molar-refractivity contribution in [3.05, 3.63) is 0 Å². The first-order valence-corrected chi connectivity index (χ1v) is 22.1. The van der Waals surface area contributed by atoms with Crippen LogP contribution in [0.15, 0.2) is 0 Å². The lowest BCUT2D eigenvalue weighted by Crippen LogP contribution is -2.73. The third-order valence-electron chi connectivity index (χ3n) is 22.6. The zero-order valence-electron chi connectivity index (χ0n) is 37.9. The van der Waals surface area contributed by atoms with Gasteiger partial charge in [0.25, 0.3) is 0 Å². The second-order valence-electron chi connectivity index (χ2n) is 23.4. The van der Waals surface area contributed by atoms with E-state index < -0.39 is 0 Å². The zero-order chi connectivity index (χ0) is 37.9. The highest BCUT2D eigenvalue weighted by molar-refractivity contribution is 5.21. The fourth-order valence-electron chi connectivity index (χ4n) is 15.9. The summed E-state index contributed by atoms with van der Waals surface area (Å²) >= 11 is 0. The highest BCUT2D eigenvalue weighted by Crippen LogP contribution is 2.79. The first-order valence-electron chi connectivity index (χ1n) is 22.1. The molecule has 0 aliphatic heterocycles. The van der Waals surface area contributed by atoms with Crippen LogP contribution in [0.25, 0.3) is 0 Å². The van der Waals surface area contributed by atoms with Gasteiger partial charge in [0.15, 0.2) is 0 Å². The molecule has 49 heavy (non-hydrogen) atoms. The van der Waals surface area contributed by atoms with Gasteiger partial charge in [0.05, 0.1) is 0 Å². The van der Waals surface area contributed by atoms with Crippen molar-refractivity contribution < 1.29 is 0 Å². The first kappa shape index (κ1) is 41.8. The Bertz CT molecular complexity index is 1140. The molecule has 0 aromatic carbocycles. The summed E-state index contributed by atoms with van der Waals surface area (Å²) in [5.74, 6) is 15.0. The molecule has 0 N–H and O–H groups in total. The predicted octanol–water partition coefficient (Wildman–Crippen LogP) is 14.9. The Morgan fingerprint density at radius 2 is 1.06 bits per heavy atom. The van der Waals surface area contributed by atoms with Crippen LogP contribution < -0.4 is 0 Å². The monoisotopic (exact) mass is 681 g/mol. The van der Waals surface area contributed by atoms with E-state index in [-0.39, 0.29) is 5.41 Å². The van der Waals surface area contributed by atoms with E-state index in [0.717, 1.165) is 82.9 Å². The van der Waals surface area contributed by atoms with Crippen LogP contribution >= 0.6 is 0 Å². The molecule has 0 bridgehead atoms. The third kappa shape index (κ3) is 5.66. The second kappa shape index (κ2) is 13.4. The smallest absolute Gasteiger partial charge is 0.0204 e. The van der Waals surface area contributed by atoms with E-state index in [4.69, 9.17) is 0 Å². The Morgan fingerprint density at radius 1 is 0.551 bits per heavy atom. The SMILES string of the molecule is CC1CC(C)C(C(C)C(C)C2(C)C(C)C(C)C2(C)C2C3C(C)C(C)C3CC(C)(C(C)C(C)C(C)(C)C(C)C(C)C(C)(C)C(C)C)C2C)C1C. The normalized spacial score (nSPS) is 49.7. The molecule has 0 amide bonds. The van der Waals surface area contributed by atoms with Crippen molar-refractivity contribution in [2.45, 2.75) is 172 Å². The van der Waals surface area contributed by atoms with Crippen molar-refractivity contribution >= 4 is 0 Å². The van der Waals surface area contributed by atoms with Crippen molar-refractivity contribution in [2.75, 3.05) is 0 Å². The van der Waals surface area contributed by atoms with E-state index in [9.17, 15) is 0 Å². The van der Waals surface area contributed by atoms with Crippen molar-refractivity contribution in [2.24, 2.45) is 140 Å². The summed E-state index contributed by atoms with van der Waals surface area (Å²) in [4.78, 5) is 0. The quantitative estimate of drug-likeness (QED) is 0.204. The average molecular weight is 681 g/mol. The minimum atomic E-state index is 0.283. The molecule has 21 unspecified atom stereocenters. The Balaban J connectivity index is 1.74. The summed E-state index contributed by atoms with van der Waals surface area (Å²) in [6.45, 7) is 60.9. The highest BCUT2D eigenvalue weighted by atomic mass is 14.8. The van der Waals surface area contributed by atoms with E-state index in [2.05, 4.69) is 159 Å². The standard InChI is InChI=1S/C49H92/c1-26(2)45(17,18)34(10)35(11)46(19,20)36(12)37(13)47(21)25-41-30(6)31(7)43(41)44(40(47)16)49(23)39(15)38(14)48(49,22)33(9)32(8)42-28(4)24-27(3)29(42)5/h26-44H,24-25H2,1-23H3. The lowest BCUT2D eigenvalue weighted by molar-refractivity contribution is -0.308. The van der Waals surface area contributed by atoms with Crippen LogP contribution in [-0.4, -0.2) is 0 Å². The van der Waals surface area contributed by atoms with E-state index in [0.29, 0.717) is 51.2 Å². The van der Waals surface area contributed by atoms with Gasteiger partial charge < -0.3 is 0 Å². The molecule has 4 aliphatic carbocycles. The molecule has 0 aromatic heterocycles. The van der Waals surface area contributed by atoms with E-state index in [1.165, 1.54) is 12.8 Å². The first-order chi connectivity index (χ1) is 22.1. The number of hydrogen-bond acceptors (Lipinski definition) is 0. The van der Waals surface area contributed by atoms with Gasteiger partial charge in [-0.15, -0.1) is 0 Å². The summed E-state index contributed by atoms with van der Waals surface area (Å²) in [5, 5.41) is 0. The molecule has 0 aromatic rings. The largest absolute Gasteiger partial charge is 0.0623 e. The van der Waals surface area contributed by atoms with Crippen molar-refractivity contribution in [3.8, 4) is 0 Å². The molecule has 288 valence electrons.